The summed E-state index contributed by atoms with van der Waals surface area (Å²) in [6.07, 6.45) is 5.71. The summed E-state index contributed by atoms with van der Waals surface area (Å²) in [6.45, 7) is 6.69. The fourth-order valence-corrected chi connectivity index (χ4v) is 3.40. The van der Waals surface area contributed by atoms with Crippen LogP contribution in [0, 0.1) is 0 Å². The number of hydrogen-bond donors (Lipinski definition) is 0. The Morgan fingerprint density at radius 3 is 2.28 bits per heavy atom. The number of nitrogens with zero attached hydrogens (tertiary/aromatic N) is 1. The zero-order valence-corrected chi connectivity index (χ0v) is 15.6. The molecule has 0 saturated carbocycles. The Balaban J connectivity index is 1.85. The van der Waals surface area contributed by atoms with Gasteiger partial charge in [0.2, 0.25) is 0 Å². The molecule has 3 rings (SSSR count). The Morgan fingerprint density at radius 1 is 0.960 bits per heavy atom. The predicted octanol–water partition coefficient (Wildman–Crippen LogP) is 5.53. The zero-order valence-electron chi connectivity index (χ0n) is 15.6. The number of ether oxygens (including phenoxy) is 1. The Morgan fingerprint density at radius 2 is 1.64 bits per heavy atom. The highest BCUT2D eigenvalue weighted by Crippen LogP contribution is 2.31. The van der Waals surface area contributed by atoms with Gasteiger partial charge in [0.1, 0.15) is 5.75 Å². The summed E-state index contributed by atoms with van der Waals surface area (Å²) < 4.78 is 5.28. The van der Waals surface area contributed by atoms with Crippen LogP contribution in [-0.2, 0) is 6.42 Å². The Kier molecular flexibility index (Phi) is 5.28. The molecule has 0 aliphatic carbocycles. The van der Waals surface area contributed by atoms with Crippen molar-refractivity contribution in [3.63, 3.8) is 0 Å². The molecular weight excluding hydrogens is 306 g/mol. The predicted molar refractivity (Wildman–Crippen MR) is 105 cm³/mol. The molecule has 0 radical (unpaired) electrons. The topological polar surface area (TPSA) is 12.5 Å². The minimum absolute atomic E-state index is 0.337. The molecule has 130 valence electrons. The van der Waals surface area contributed by atoms with Gasteiger partial charge >= 0.3 is 0 Å². The monoisotopic (exact) mass is 333 g/mol. The minimum atomic E-state index is 0.337. The van der Waals surface area contributed by atoms with Crippen LogP contribution in [0.25, 0.3) is 0 Å². The molecular formula is C23H27NO. The standard InChI is InChI=1S/C23H27NO/c1-17-14-22(15-20-10-12-23(25-4)13-11-20)24(16-18(17)2)19(3)21-8-6-5-7-9-21/h5-14,16,19,22H,15H2,1-4H3/t19-,22-/m1/s1. The lowest BCUT2D eigenvalue weighted by Gasteiger charge is -2.38. The van der Waals surface area contributed by atoms with E-state index < -0.39 is 0 Å². The van der Waals surface area contributed by atoms with Gasteiger partial charge in [0, 0.05) is 6.20 Å². The third-order valence-electron chi connectivity index (χ3n) is 5.12. The van der Waals surface area contributed by atoms with Crippen molar-refractivity contribution in [3.05, 3.63) is 89.1 Å². The highest BCUT2D eigenvalue weighted by atomic mass is 16.5. The highest BCUT2D eigenvalue weighted by molar-refractivity contribution is 5.35. The molecule has 2 nitrogen and oxygen atoms in total. The maximum atomic E-state index is 5.28. The van der Waals surface area contributed by atoms with Crippen LogP contribution < -0.4 is 4.74 Å². The van der Waals surface area contributed by atoms with Gasteiger partial charge < -0.3 is 9.64 Å². The summed E-state index contributed by atoms with van der Waals surface area (Å²) in [6, 6.07) is 19.8. The maximum Gasteiger partial charge on any atom is 0.118 e. The van der Waals surface area contributed by atoms with Crippen LogP contribution in [0.1, 0.15) is 37.9 Å². The first-order valence-corrected chi connectivity index (χ1v) is 8.91. The summed E-state index contributed by atoms with van der Waals surface area (Å²) in [7, 11) is 1.71. The van der Waals surface area contributed by atoms with Crippen LogP contribution in [0.3, 0.4) is 0 Å². The van der Waals surface area contributed by atoms with Gasteiger partial charge in [0.15, 0.2) is 0 Å². The van der Waals surface area contributed by atoms with Crippen molar-refractivity contribution >= 4 is 0 Å². The fraction of sp³-hybridized carbons (Fsp3) is 0.304. The first-order valence-electron chi connectivity index (χ1n) is 8.91. The second-order valence-electron chi connectivity index (χ2n) is 6.82. The van der Waals surface area contributed by atoms with E-state index in [-0.39, 0.29) is 0 Å². The van der Waals surface area contributed by atoms with Crippen molar-refractivity contribution in [2.45, 2.75) is 39.3 Å². The second-order valence-corrected chi connectivity index (χ2v) is 6.82. The summed E-state index contributed by atoms with van der Waals surface area (Å²) in [5.74, 6) is 0.907. The van der Waals surface area contributed by atoms with Crippen LogP contribution in [0.2, 0.25) is 0 Å². The van der Waals surface area contributed by atoms with Gasteiger partial charge in [-0.25, -0.2) is 0 Å². The number of benzene rings is 2. The number of allylic oxidation sites excluding steroid dienone is 2. The van der Waals surface area contributed by atoms with Gasteiger partial charge in [-0.3, -0.25) is 0 Å². The molecule has 0 bridgehead atoms. The van der Waals surface area contributed by atoms with Crippen molar-refractivity contribution < 1.29 is 4.74 Å². The average Bonchev–Trinajstić information content (AvgIpc) is 2.65. The fourth-order valence-electron chi connectivity index (χ4n) is 3.40. The third-order valence-corrected chi connectivity index (χ3v) is 5.12. The lowest BCUT2D eigenvalue weighted by atomic mass is 9.94. The molecule has 0 amide bonds. The molecule has 0 N–H and O–H groups in total. The molecule has 1 aliphatic heterocycles. The van der Waals surface area contributed by atoms with Crippen LogP contribution >= 0.6 is 0 Å². The zero-order chi connectivity index (χ0) is 17.8. The van der Waals surface area contributed by atoms with Gasteiger partial charge in [-0.15, -0.1) is 0 Å². The van der Waals surface area contributed by atoms with E-state index >= 15 is 0 Å². The number of hydrogen-bond acceptors (Lipinski definition) is 2. The Bertz CT molecular complexity index is 758. The first-order chi connectivity index (χ1) is 12.1. The summed E-state index contributed by atoms with van der Waals surface area (Å²) in [5.41, 5.74) is 5.39. The van der Waals surface area contributed by atoms with E-state index in [0.29, 0.717) is 12.1 Å². The van der Waals surface area contributed by atoms with Crippen molar-refractivity contribution in [1.29, 1.82) is 0 Å². The smallest absolute Gasteiger partial charge is 0.118 e. The lowest BCUT2D eigenvalue weighted by Crippen LogP contribution is -2.36. The lowest BCUT2D eigenvalue weighted by molar-refractivity contribution is 0.243. The van der Waals surface area contributed by atoms with Gasteiger partial charge in [-0.1, -0.05) is 48.5 Å². The van der Waals surface area contributed by atoms with E-state index in [1.54, 1.807) is 7.11 Å². The van der Waals surface area contributed by atoms with E-state index in [2.05, 4.69) is 80.4 Å². The van der Waals surface area contributed by atoms with E-state index in [1.807, 2.05) is 12.1 Å². The number of rotatable bonds is 5. The molecule has 1 heterocycles. The van der Waals surface area contributed by atoms with Gasteiger partial charge in [-0.2, -0.15) is 0 Å². The molecule has 0 unspecified atom stereocenters. The third kappa shape index (κ3) is 3.96. The van der Waals surface area contributed by atoms with Crippen molar-refractivity contribution in [1.82, 2.24) is 4.90 Å². The molecule has 1 aliphatic rings. The second kappa shape index (κ2) is 7.60. The molecule has 25 heavy (non-hydrogen) atoms. The van der Waals surface area contributed by atoms with Gasteiger partial charge in [-0.05, 0) is 61.6 Å². The molecule has 0 fully saturated rings. The maximum absolute atomic E-state index is 5.28. The molecule has 2 aromatic carbocycles. The van der Waals surface area contributed by atoms with Crippen molar-refractivity contribution in [2.24, 2.45) is 0 Å². The molecule has 0 spiro atoms. The summed E-state index contributed by atoms with van der Waals surface area (Å²) in [4.78, 5) is 2.49. The summed E-state index contributed by atoms with van der Waals surface area (Å²) in [5, 5.41) is 0. The van der Waals surface area contributed by atoms with Crippen LogP contribution in [0.5, 0.6) is 5.75 Å². The van der Waals surface area contributed by atoms with Crippen LogP contribution in [0.15, 0.2) is 78.0 Å². The molecule has 2 aromatic rings. The van der Waals surface area contributed by atoms with Crippen LogP contribution in [-0.4, -0.2) is 18.1 Å². The van der Waals surface area contributed by atoms with E-state index in [1.165, 1.54) is 22.3 Å². The van der Waals surface area contributed by atoms with E-state index in [0.717, 1.165) is 12.2 Å². The molecule has 0 saturated heterocycles. The number of methoxy groups -OCH3 is 1. The van der Waals surface area contributed by atoms with Crippen molar-refractivity contribution in [3.8, 4) is 5.75 Å². The molecule has 0 aromatic heterocycles. The Labute approximate surface area is 151 Å². The van der Waals surface area contributed by atoms with Crippen molar-refractivity contribution in [2.75, 3.05) is 7.11 Å². The summed E-state index contributed by atoms with van der Waals surface area (Å²) >= 11 is 0. The van der Waals surface area contributed by atoms with Gasteiger partial charge in [0.05, 0.1) is 19.2 Å². The van der Waals surface area contributed by atoms with E-state index in [9.17, 15) is 0 Å². The first kappa shape index (κ1) is 17.3. The van der Waals surface area contributed by atoms with Gasteiger partial charge in [0.25, 0.3) is 0 Å². The normalized spacial score (nSPS) is 18.4. The SMILES string of the molecule is COc1ccc(C[C@H]2C=C(C)C(C)=CN2[C@H](C)c2ccccc2)cc1. The molecule has 2 atom stereocenters. The quantitative estimate of drug-likeness (QED) is 0.713. The van der Waals surface area contributed by atoms with E-state index in [4.69, 9.17) is 4.74 Å². The highest BCUT2D eigenvalue weighted by Gasteiger charge is 2.24. The molecule has 2 heteroatoms. The average molecular weight is 333 g/mol. The van der Waals surface area contributed by atoms with Crippen LogP contribution in [0.4, 0.5) is 0 Å². The minimum Gasteiger partial charge on any atom is -0.497 e. The Hall–Kier alpha value is -2.48. The largest absolute Gasteiger partial charge is 0.497 e.